The van der Waals surface area contributed by atoms with E-state index in [4.69, 9.17) is 29.4 Å². The summed E-state index contributed by atoms with van der Waals surface area (Å²) in [6.45, 7) is 0. The van der Waals surface area contributed by atoms with E-state index in [0.29, 0.717) is 34.3 Å². The van der Waals surface area contributed by atoms with Gasteiger partial charge in [0.25, 0.3) is 0 Å². The van der Waals surface area contributed by atoms with E-state index in [1.165, 1.54) is 0 Å². The Morgan fingerprint density at radius 2 is 0.466 bits per heavy atom. The van der Waals surface area contributed by atoms with Crippen molar-refractivity contribution in [2.45, 2.75) is 10.8 Å². The molecule has 0 radical (unpaired) electrons. The summed E-state index contributed by atoms with van der Waals surface area (Å²) in [5.41, 5.74) is 30.1. The van der Waals surface area contributed by atoms with Crippen LogP contribution in [0, 0.1) is 22.7 Å². The highest BCUT2D eigenvalue weighted by Gasteiger charge is 2.55. The molecule has 0 fully saturated rings. The SMILES string of the molecule is N#Cc1ccc(-c2cc(-c3cc(-c4ccc(C#N)cc4)c4c(c3)C3(c5ccccc5-c5ccccc53)c3cccc(-c5cccc(-c6nc(-c7ccccc7)cc(-c7ccccc7)n6)c5)c3O4)cc3c2Oc2c(-c4ccc(-c5cc(-c6ccccc6)nc(-c6ccccc6)n5)cc4)cccc2C32c3ccccc3-c3ccccc32)cc1. The molecule has 2 spiro atoms. The van der Waals surface area contributed by atoms with Crippen molar-refractivity contribution in [2.75, 3.05) is 0 Å². The molecule has 0 N–H and O–H groups in total. The Bertz CT molecular complexity index is 6930. The summed E-state index contributed by atoms with van der Waals surface area (Å²) in [6.07, 6.45) is 0. The van der Waals surface area contributed by atoms with Crippen LogP contribution in [0.25, 0.3) is 146 Å². The predicted octanol–water partition coefficient (Wildman–Crippen LogP) is 26.3. The Balaban J connectivity index is 0.768. The fourth-order valence-electron chi connectivity index (χ4n) is 18.5. The van der Waals surface area contributed by atoms with Gasteiger partial charge in [-0.2, -0.15) is 10.5 Å². The van der Waals surface area contributed by atoms with Crippen molar-refractivity contribution in [1.29, 1.82) is 10.5 Å². The number of fused-ring (bicyclic) bond motifs is 18. The number of aromatic nitrogens is 4. The molecule has 4 aliphatic rings. The molecule has 0 saturated heterocycles. The van der Waals surface area contributed by atoms with E-state index in [2.05, 4.69) is 303 Å². The molecule has 8 heteroatoms. The second-order valence-electron chi connectivity index (χ2n) is 30.0. The lowest BCUT2D eigenvalue weighted by Crippen LogP contribution is -2.33. The minimum atomic E-state index is -0.977. The summed E-state index contributed by atoms with van der Waals surface area (Å²) < 4.78 is 15.9. The van der Waals surface area contributed by atoms with Gasteiger partial charge in [-0.3, -0.25) is 0 Å². The van der Waals surface area contributed by atoms with E-state index in [9.17, 15) is 10.5 Å². The zero-order chi connectivity index (χ0) is 77.0. The number of benzene rings is 16. The molecule has 2 aliphatic carbocycles. The zero-order valence-corrected chi connectivity index (χ0v) is 62.5. The topological polar surface area (TPSA) is 118 Å². The van der Waals surface area contributed by atoms with E-state index in [1.807, 2.05) is 97.1 Å². The van der Waals surface area contributed by atoms with Crippen LogP contribution in [-0.2, 0) is 10.8 Å². The largest absolute Gasteiger partial charge is 0.455 e. The second-order valence-corrected chi connectivity index (χ2v) is 30.0. The van der Waals surface area contributed by atoms with Crippen molar-refractivity contribution in [1.82, 2.24) is 19.9 Å². The van der Waals surface area contributed by atoms with Crippen molar-refractivity contribution < 1.29 is 9.47 Å². The van der Waals surface area contributed by atoms with Gasteiger partial charge in [0.15, 0.2) is 11.6 Å². The quantitative estimate of drug-likeness (QED) is 0.126. The molecular formula is C108H64N6O2. The Morgan fingerprint density at radius 3 is 0.862 bits per heavy atom. The monoisotopic (exact) mass is 1480 g/mol. The van der Waals surface area contributed by atoms with Gasteiger partial charge in [0.1, 0.15) is 23.0 Å². The Morgan fingerprint density at radius 1 is 0.190 bits per heavy atom. The highest BCUT2D eigenvalue weighted by Crippen LogP contribution is 2.68. The second kappa shape index (κ2) is 27.0. The Hall–Kier alpha value is -15.7. The number of nitrogens with zero attached hydrogens (tertiary/aromatic N) is 6. The van der Waals surface area contributed by atoms with E-state index in [1.54, 1.807) is 0 Å². The maximum absolute atomic E-state index is 10.5. The smallest absolute Gasteiger partial charge is 0.160 e. The molecule has 0 saturated carbocycles. The molecule has 0 amide bonds. The summed E-state index contributed by atoms with van der Waals surface area (Å²) in [4.78, 5) is 21.0. The van der Waals surface area contributed by atoms with Crippen LogP contribution >= 0.6 is 0 Å². The van der Waals surface area contributed by atoms with Gasteiger partial charge in [0, 0.05) is 77.9 Å². The van der Waals surface area contributed by atoms with Crippen LogP contribution < -0.4 is 9.47 Å². The van der Waals surface area contributed by atoms with Crippen molar-refractivity contribution in [3.63, 3.8) is 0 Å². The van der Waals surface area contributed by atoms with Crippen LogP contribution in [0.2, 0.25) is 0 Å². The van der Waals surface area contributed by atoms with Gasteiger partial charge in [0.05, 0.1) is 56.9 Å². The van der Waals surface area contributed by atoms with E-state index in [0.717, 1.165) is 190 Å². The third kappa shape index (κ3) is 10.6. The lowest BCUT2D eigenvalue weighted by atomic mass is 9.64. The summed E-state index contributed by atoms with van der Waals surface area (Å²) >= 11 is 0. The van der Waals surface area contributed by atoms with Gasteiger partial charge in [-0.05, 0) is 145 Å². The maximum atomic E-state index is 10.5. The number of rotatable bonds is 11. The van der Waals surface area contributed by atoms with Crippen molar-refractivity contribution in [3.8, 4) is 181 Å². The lowest BCUT2D eigenvalue weighted by molar-refractivity contribution is 0.439. The number of para-hydroxylation sites is 2. The number of ether oxygens (including phenoxy) is 2. The third-order valence-electron chi connectivity index (χ3n) is 23.7. The predicted molar refractivity (Wildman–Crippen MR) is 462 cm³/mol. The first-order valence-electron chi connectivity index (χ1n) is 39.0. The average molecular weight is 1480 g/mol. The van der Waals surface area contributed by atoms with Crippen molar-refractivity contribution in [2.24, 2.45) is 0 Å². The highest BCUT2D eigenvalue weighted by atomic mass is 16.5. The molecule has 538 valence electrons. The van der Waals surface area contributed by atoms with Gasteiger partial charge in [-0.25, -0.2) is 19.9 Å². The fraction of sp³-hybridized carbons (Fsp3) is 0.0185. The minimum absolute atomic E-state index is 0.540. The van der Waals surface area contributed by atoms with E-state index in [-0.39, 0.29) is 0 Å². The van der Waals surface area contributed by atoms with Crippen LogP contribution in [-0.4, -0.2) is 19.9 Å². The molecule has 8 nitrogen and oxygen atoms in total. The molecule has 2 aromatic heterocycles. The van der Waals surface area contributed by atoms with Crippen LogP contribution in [0.1, 0.15) is 55.6 Å². The first kappa shape index (κ1) is 67.2. The lowest BCUT2D eigenvalue weighted by Gasteiger charge is -2.42. The van der Waals surface area contributed by atoms with Gasteiger partial charge in [0.2, 0.25) is 0 Å². The van der Waals surface area contributed by atoms with Crippen molar-refractivity contribution >= 4 is 0 Å². The average Bonchev–Trinajstić information content (AvgIpc) is 1.46. The van der Waals surface area contributed by atoms with Crippen molar-refractivity contribution in [3.05, 3.63) is 444 Å². The third-order valence-corrected chi connectivity index (χ3v) is 23.7. The fourth-order valence-corrected chi connectivity index (χ4v) is 18.5. The summed E-state index contributed by atoms with van der Waals surface area (Å²) in [5.74, 6) is 4.10. The molecule has 2 aliphatic heterocycles. The first-order chi connectivity index (χ1) is 57.4. The van der Waals surface area contributed by atoms with E-state index < -0.39 is 10.8 Å². The van der Waals surface area contributed by atoms with E-state index >= 15 is 0 Å². The minimum Gasteiger partial charge on any atom is -0.455 e. The molecular weight excluding hydrogens is 1410 g/mol. The van der Waals surface area contributed by atoms with Gasteiger partial charge >= 0.3 is 0 Å². The molecule has 116 heavy (non-hydrogen) atoms. The first-order valence-corrected chi connectivity index (χ1v) is 39.0. The van der Waals surface area contributed by atoms with Crippen LogP contribution in [0.3, 0.4) is 0 Å². The molecule has 0 atom stereocenters. The molecule has 18 aromatic rings. The number of hydrogen-bond acceptors (Lipinski definition) is 8. The summed E-state index contributed by atoms with van der Waals surface area (Å²) in [6, 6.07) is 141. The highest BCUT2D eigenvalue weighted by molar-refractivity contribution is 5.98. The standard InChI is InChI=1S/C108H64N6O2/c109-65-67-46-50-70(51-47-67)87-59-79(61-95-103(87)115-101-81(38-22-44-93(101)107(95)89-40-17-13-34-83(89)84-35-14-18-41-90(84)107)69-54-56-75(57-55-69)100-64-97(72-24-5-1-6-25-72)111-105(112-100)76-30-11-4-12-31-76)80-60-88(71-52-48-68(66-110)49-53-71)104-96(62-80)108(91-42-19-15-36-85(91)86-37-16-20-43-92(86)108)94-45-23-39-82(102(94)116-104)77-32-21-33-78(58-77)106-113-98(73-26-7-2-8-27-73)63-99(114-106)74-28-9-3-10-29-74/h1-64H. The molecule has 0 bridgehead atoms. The molecule has 16 aromatic carbocycles. The van der Waals surface area contributed by atoms with Crippen LogP contribution in [0.5, 0.6) is 23.0 Å². The molecule has 4 heterocycles. The van der Waals surface area contributed by atoms with Gasteiger partial charge in [-0.1, -0.05) is 322 Å². The van der Waals surface area contributed by atoms with Crippen LogP contribution in [0.4, 0.5) is 0 Å². The Kier molecular flexibility index (Phi) is 15.7. The zero-order valence-electron chi connectivity index (χ0n) is 62.5. The summed E-state index contributed by atoms with van der Waals surface area (Å²) in [7, 11) is 0. The molecule has 22 rings (SSSR count). The molecule has 0 unspecified atom stereocenters. The van der Waals surface area contributed by atoms with Gasteiger partial charge in [-0.15, -0.1) is 0 Å². The Labute approximate surface area is 671 Å². The summed E-state index contributed by atoms with van der Waals surface area (Å²) in [5, 5.41) is 21.0. The number of nitriles is 2. The van der Waals surface area contributed by atoms with Gasteiger partial charge < -0.3 is 9.47 Å². The maximum Gasteiger partial charge on any atom is 0.160 e. The number of hydrogen-bond donors (Lipinski definition) is 0. The van der Waals surface area contributed by atoms with Crippen LogP contribution in [0.15, 0.2) is 388 Å². The normalized spacial score (nSPS) is 12.9.